The molecule has 116 valence electrons. The fourth-order valence-electron chi connectivity index (χ4n) is 3.15. The summed E-state index contributed by atoms with van der Waals surface area (Å²) in [6, 6.07) is 7.68. The van der Waals surface area contributed by atoms with Crippen molar-refractivity contribution in [2.45, 2.75) is 45.4 Å². The third-order valence-electron chi connectivity index (χ3n) is 4.45. The number of likely N-dealkylation sites (tertiary alicyclic amines) is 1. The summed E-state index contributed by atoms with van der Waals surface area (Å²) in [4.78, 5) is 14.6. The molecule has 0 radical (unpaired) electrons. The Balaban J connectivity index is 1.66. The van der Waals surface area contributed by atoms with Crippen molar-refractivity contribution in [3.8, 4) is 0 Å². The van der Waals surface area contributed by atoms with Crippen molar-refractivity contribution in [2.24, 2.45) is 5.92 Å². The highest BCUT2D eigenvalue weighted by Gasteiger charge is 2.18. The minimum atomic E-state index is 0.267. The van der Waals surface area contributed by atoms with E-state index in [1.54, 1.807) is 0 Å². The highest BCUT2D eigenvalue weighted by Crippen LogP contribution is 2.22. The second-order valence-corrected chi connectivity index (χ2v) is 7.02. The Morgan fingerprint density at radius 1 is 1.24 bits per heavy atom. The number of Topliss-reactive ketones (excluding diaryl/α,β-unsaturated/α-hetero) is 1. The van der Waals surface area contributed by atoms with Gasteiger partial charge in [0.25, 0.3) is 0 Å². The molecule has 0 saturated carbocycles. The predicted molar refractivity (Wildman–Crippen MR) is 91.8 cm³/mol. The quantitative estimate of drug-likeness (QED) is 0.649. The van der Waals surface area contributed by atoms with E-state index >= 15 is 0 Å². The summed E-state index contributed by atoms with van der Waals surface area (Å²) in [5, 5.41) is 0. The number of hydrogen-bond donors (Lipinski definition) is 0. The van der Waals surface area contributed by atoms with Gasteiger partial charge in [-0.2, -0.15) is 0 Å². The minimum absolute atomic E-state index is 0.267. The van der Waals surface area contributed by atoms with Crippen molar-refractivity contribution >= 4 is 21.7 Å². The van der Waals surface area contributed by atoms with E-state index < -0.39 is 0 Å². The molecule has 1 aromatic carbocycles. The fourth-order valence-corrected chi connectivity index (χ4v) is 3.41. The molecular weight excluding hydrogens is 326 g/mol. The summed E-state index contributed by atoms with van der Waals surface area (Å²) in [5.41, 5.74) is 0.833. The zero-order valence-corrected chi connectivity index (χ0v) is 14.6. The predicted octanol–water partition coefficient (Wildman–Crippen LogP) is 4.92. The van der Waals surface area contributed by atoms with Crippen molar-refractivity contribution in [2.75, 3.05) is 19.6 Å². The fraction of sp³-hybridized carbons (Fsp3) is 0.611. The highest BCUT2D eigenvalue weighted by atomic mass is 79.9. The Morgan fingerprint density at radius 2 is 1.90 bits per heavy atom. The number of piperidine rings is 1. The second kappa shape index (κ2) is 8.70. The smallest absolute Gasteiger partial charge is 0.162 e. The number of ketones is 1. The molecule has 1 saturated heterocycles. The number of rotatable bonds is 7. The van der Waals surface area contributed by atoms with Crippen LogP contribution in [-0.2, 0) is 0 Å². The normalized spacial score (nSPS) is 17.0. The Kier molecular flexibility index (Phi) is 6.91. The first-order valence-corrected chi connectivity index (χ1v) is 8.99. The van der Waals surface area contributed by atoms with Crippen LogP contribution in [-0.4, -0.2) is 30.3 Å². The molecule has 1 aromatic rings. The monoisotopic (exact) mass is 351 g/mol. The molecule has 3 heteroatoms. The van der Waals surface area contributed by atoms with E-state index in [2.05, 4.69) is 27.8 Å². The Bertz CT molecular complexity index is 435. The summed E-state index contributed by atoms with van der Waals surface area (Å²) in [7, 11) is 0. The lowest BCUT2D eigenvalue weighted by atomic mass is 9.92. The number of halogens is 1. The highest BCUT2D eigenvalue weighted by molar-refractivity contribution is 9.10. The topological polar surface area (TPSA) is 20.3 Å². The van der Waals surface area contributed by atoms with Gasteiger partial charge in [0.05, 0.1) is 0 Å². The molecule has 21 heavy (non-hydrogen) atoms. The summed E-state index contributed by atoms with van der Waals surface area (Å²) in [6.07, 6.45) is 7.02. The molecule has 1 heterocycles. The zero-order chi connectivity index (χ0) is 15.1. The van der Waals surface area contributed by atoms with Crippen molar-refractivity contribution in [1.82, 2.24) is 4.90 Å². The average molecular weight is 352 g/mol. The van der Waals surface area contributed by atoms with Crippen molar-refractivity contribution in [1.29, 1.82) is 0 Å². The SMILES string of the molecule is CCCC1CCN(CCCC(=O)c2ccc(Br)cc2)CC1. The summed E-state index contributed by atoms with van der Waals surface area (Å²) >= 11 is 3.40. The van der Waals surface area contributed by atoms with Crippen LogP contribution in [0.15, 0.2) is 28.7 Å². The van der Waals surface area contributed by atoms with E-state index in [-0.39, 0.29) is 5.78 Å². The first-order chi connectivity index (χ1) is 10.2. The largest absolute Gasteiger partial charge is 0.303 e. The van der Waals surface area contributed by atoms with Crippen LogP contribution in [0, 0.1) is 5.92 Å². The molecule has 1 fully saturated rings. The Labute approximate surface area is 137 Å². The molecule has 0 atom stereocenters. The molecular formula is C18H26BrNO. The lowest BCUT2D eigenvalue weighted by molar-refractivity contribution is 0.0970. The van der Waals surface area contributed by atoms with Crippen LogP contribution >= 0.6 is 15.9 Å². The minimum Gasteiger partial charge on any atom is -0.303 e. The van der Waals surface area contributed by atoms with Crippen molar-refractivity contribution in [3.63, 3.8) is 0 Å². The van der Waals surface area contributed by atoms with E-state index in [0.29, 0.717) is 6.42 Å². The van der Waals surface area contributed by atoms with Crippen LogP contribution in [0.25, 0.3) is 0 Å². The van der Waals surface area contributed by atoms with Gasteiger partial charge in [0, 0.05) is 16.5 Å². The van der Waals surface area contributed by atoms with Gasteiger partial charge in [-0.05, 0) is 56.9 Å². The zero-order valence-electron chi connectivity index (χ0n) is 13.0. The molecule has 1 aliphatic heterocycles. The molecule has 2 rings (SSSR count). The molecule has 0 amide bonds. The van der Waals surface area contributed by atoms with Gasteiger partial charge >= 0.3 is 0 Å². The standard InChI is InChI=1S/C18H26BrNO/c1-2-4-15-10-13-20(14-11-15)12-3-5-18(21)16-6-8-17(19)9-7-16/h6-9,15H,2-5,10-14H2,1H3. The maximum atomic E-state index is 12.1. The van der Waals surface area contributed by atoms with Crippen LogP contribution in [0.2, 0.25) is 0 Å². The third kappa shape index (κ3) is 5.55. The first kappa shape index (κ1) is 16.7. The van der Waals surface area contributed by atoms with E-state index in [1.807, 2.05) is 24.3 Å². The van der Waals surface area contributed by atoms with E-state index in [1.165, 1.54) is 38.8 Å². The lowest BCUT2D eigenvalue weighted by Gasteiger charge is -2.31. The van der Waals surface area contributed by atoms with Crippen LogP contribution in [0.1, 0.15) is 55.8 Å². The molecule has 0 aliphatic carbocycles. The summed E-state index contributed by atoms with van der Waals surface area (Å²) in [5.74, 6) is 1.21. The average Bonchev–Trinajstić information content (AvgIpc) is 2.50. The van der Waals surface area contributed by atoms with Crippen LogP contribution in [0.3, 0.4) is 0 Å². The van der Waals surface area contributed by atoms with Crippen LogP contribution in [0.4, 0.5) is 0 Å². The Morgan fingerprint density at radius 3 is 2.52 bits per heavy atom. The van der Waals surface area contributed by atoms with Crippen molar-refractivity contribution < 1.29 is 4.79 Å². The molecule has 1 aliphatic rings. The van der Waals surface area contributed by atoms with Gasteiger partial charge in [0.2, 0.25) is 0 Å². The maximum Gasteiger partial charge on any atom is 0.162 e. The number of benzene rings is 1. The third-order valence-corrected chi connectivity index (χ3v) is 4.98. The summed E-state index contributed by atoms with van der Waals surface area (Å²) in [6.45, 7) is 5.79. The maximum absolute atomic E-state index is 12.1. The van der Waals surface area contributed by atoms with Gasteiger partial charge in [0.15, 0.2) is 5.78 Å². The lowest BCUT2D eigenvalue weighted by Crippen LogP contribution is -2.34. The van der Waals surface area contributed by atoms with Gasteiger partial charge in [0.1, 0.15) is 0 Å². The van der Waals surface area contributed by atoms with E-state index in [0.717, 1.165) is 28.9 Å². The van der Waals surface area contributed by atoms with Gasteiger partial charge in [-0.1, -0.05) is 47.8 Å². The first-order valence-electron chi connectivity index (χ1n) is 8.20. The number of nitrogens with zero attached hydrogens (tertiary/aromatic N) is 1. The van der Waals surface area contributed by atoms with Crippen molar-refractivity contribution in [3.05, 3.63) is 34.3 Å². The molecule has 0 bridgehead atoms. The van der Waals surface area contributed by atoms with Gasteiger partial charge in [-0.3, -0.25) is 4.79 Å². The summed E-state index contributed by atoms with van der Waals surface area (Å²) < 4.78 is 1.02. The van der Waals surface area contributed by atoms with Crippen LogP contribution in [0.5, 0.6) is 0 Å². The molecule has 0 aromatic heterocycles. The van der Waals surface area contributed by atoms with Gasteiger partial charge < -0.3 is 4.90 Å². The Hall–Kier alpha value is -0.670. The molecule has 0 unspecified atom stereocenters. The number of hydrogen-bond acceptors (Lipinski definition) is 2. The number of carbonyl (C=O) groups excluding carboxylic acids is 1. The molecule has 0 spiro atoms. The van der Waals surface area contributed by atoms with Gasteiger partial charge in [-0.25, -0.2) is 0 Å². The van der Waals surface area contributed by atoms with Gasteiger partial charge in [-0.15, -0.1) is 0 Å². The van der Waals surface area contributed by atoms with Crippen LogP contribution < -0.4 is 0 Å². The van der Waals surface area contributed by atoms with E-state index in [4.69, 9.17) is 0 Å². The second-order valence-electron chi connectivity index (χ2n) is 6.11. The van der Waals surface area contributed by atoms with E-state index in [9.17, 15) is 4.79 Å². The number of carbonyl (C=O) groups is 1. The molecule has 2 nitrogen and oxygen atoms in total. The molecule has 0 N–H and O–H groups in total.